The topological polar surface area (TPSA) is 84.5 Å². The molecule has 0 aliphatic rings. The highest BCUT2D eigenvalue weighted by molar-refractivity contribution is 5.94. The standard InChI is InChI=1S/C19H20N2O4/c1-25-19(24)15-9-11-16(12-10-15)21-17(22)8-5-13-20-18(23)14-6-3-2-4-7-14/h2-4,6-7,9-12H,5,8,13H2,1H3,(H,20,23)(H,21,22). The smallest absolute Gasteiger partial charge is 0.337 e. The summed E-state index contributed by atoms with van der Waals surface area (Å²) in [5.74, 6) is -0.730. The van der Waals surface area contributed by atoms with E-state index in [1.807, 2.05) is 6.07 Å². The van der Waals surface area contributed by atoms with E-state index < -0.39 is 5.97 Å². The number of nitrogens with one attached hydrogen (secondary N) is 2. The van der Waals surface area contributed by atoms with Crippen LogP contribution in [-0.4, -0.2) is 31.4 Å². The second kappa shape index (κ2) is 9.22. The zero-order chi connectivity index (χ0) is 18.1. The van der Waals surface area contributed by atoms with Gasteiger partial charge in [-0.05, 0) is 42.8 Å². The van der Waals surface area contributed by atoms with Crippen molar-refractivity contribution in [2.24, 2.45) is 0 Å². The highest BCUT2D eigenvalue weighted by Crippen LogP contribution is 2.11. The van der Waals surface area contributed by atoms with Crippen LogP contribution in [0.5, 0.6) is 0 Å². The minimum Gasteiger partial charge on any atom is -0.465 e. The monoisotopic (exact) mass is 340 g/mol. The van der Waals surface area contributed by atoms with Gasteiger partial charge in [0.2, 0.25) is 5.91 Å². The van der Waals surface area contributed by atoms with Gasteiger partial charge in [-0.25, -0.2) is 4.79 Å². The molecule has 0 spiro atoms. The molecule has 0 heterocycles. The van der Waals surface area contributed by atoms with Crippen LogP contribution in [0, 0.1) is 0 Å². The van der Waals surface area contributed by atoms with Gasteiger partial charge in [0.25, 0.3) is 5.91 Å². The van der Waals surface area contributed by atoms with Crippen molar-refractivity contribution < 1.29 is 19.1 Å². The third kappa shape index (κ3) is 5.76. The third-order valence-corrected chi connectivity index (χ3v) is 3.49. The van der Waals surface area contributed by atoms with Crippen molar-refractivity contribution in [1.82, 2.24) is 5.32 Å². The summed E-state index contributed by atoms with van der Waals surface area (Å²) in [6.07, 6.45) is 0.818. The molecule has 0 atom stereocenters. The van der Waals surface area contributed by atoms with E-state index >= 15 is 0 Å². The minimum absolute atomic E-state index is 0.153. The lowest BCUT2D eigenvalue weighted by molar-refractivity contribution is -0.116. The molecule has 0 aliphatic heterocycles. The summed E-state index contributed by atoms with van der Waals surface area (Å²) in [6.45, 7) is 0.419. The van der Waals surface area contributed by atoms with Crippen molar-refractivity contribution in [2.45, 2.75) is 12.8 Å². The van der Waals surface area contributed by atoms with E-state index in [4.69, 9.17) is 0 Å². The first-order valence-corrected chi connectivity index (χ1v) is 7.91. The van der Waals surface area contributed by atoms with Gasteiger partial charge < -0.3 is 15.4 Å². The van der Waals surface area contributed by atoms with Crippen molar-refractivity contribution in [2.75, 3.05) is 19.0 Å². The van der Waals surface area contributed by atoms with E-state index in [1.165, 1.54) is 7.11 Å². The molecule has 0 aromatic heterocycles. The number of carbonyl (C=O) groups is 3. The van der Waals surface area contributed by atoms with Crippen molar-refractivity contribution in [1.29, 1.82) is 0 Å². The van der Waals surface area contributed by atoms with Crippen LogP contribution in [0.1, 0.15) is 33.6 Å². The zero-order valence-corrected chi connectivity index (χ0v) is 14.0. The number of hydrogen-bond donors (Lipinski definition) is 2. The molecule has 2 N–H and O–H groups in total. The number of esters is 1. The molecule has 0 saturated heterocycles. The normalized spacial score (nSPS) is 9.96. The Labute approximate surface area is 146 Å². The SMILES string of the molecule is COC(=O)c1ccc(NC(=O)CCCNC(=O)c2ccccc2)cc1. The number of anilines is 1. The van der Waals surface area contributed by atoms with Crippen molar-refractivity contribution >= 4 is 23.5 Å². The Morgan fingerprint density at radius 1 is 0.920 bits per heavy atom. The Kier molecular flexibility index (Phi) is 6.71. The number of hydrogen-bond acceptors (Lipinski definition) is 4. The molecule has 0 fully saturated rings. The second-order valence-electron chi connectivity index (χ2n) is 5.34. The molecular weight excluding hydrogens is 320 g/mol. The molecule has 0 aliphatic carbocycles. The van der Waals surface area contributed by atoms with Gasteiger partial charge in [0.05, 0.1) is 12.7 Å². The Morgan fingerprint density at radius 3 is 2.24 bits per heavy atom. The second-order valence-corrected chi connectivity index (χ2v) is 5.34. The average Bonchev–Trinajstić information content (AvgIpc) is 2.65. The lowest BCUT2D eigenvalue weighted by atomic mass is 10.2. The van der Waals surface area contributed by atoms with Gasteiger partial charge >= 0.3 is 5.97 Å². The number of benzene rings is 2. The number of ether oxygens (including phenoxy) is 1. The summed E-state index contributed by atoms with van der Waals surface area (Å²) in [5.41, 5.74) is 1.62. The maximum atomic E-state index is 11.9. The van der Waals surface area contributed by atoms with Crippen molar-refractivity contribution in [3.8, 4) is 0 Å². The molecule has 2 amide bonds. The number of carbonyl (C=O) groups excluding carboxylic acids is 3. The molecular formula is C19H20N2O4. The van der Waals surface area contributed by atoms with E-state index in [9.17, 15) is 14.4 Å². The van der Waals surface area contributed by atoms with Crippen LogP contribution in [-0.2, 0) is 9.53 Å². The maximum Gasteiger partial charge on any atom is 0.337 e. The molecule has 0 unspecified atom stereocenters. The van der Waals surface area contributed by atoms with Crippen LogP contribution >= 0.6 is 0 Å². The first kappa shape index (κ1) is 18.2. The molecule has 6 nitrogen and oxygen atoms in total. The highest BCUT2D eigenvalue weighted by Gasteiger charge is 2.07. The fraction of sp³-hybridized carbons (Fsp3) is 0.211. The van der Waals surface area contributed by atoms with E-state index in [-0.39, 0.29) is 18.2 Å². The lowest BCUT2D eigenvalue weighted by Crippen LogP contribution is -2.25. The maximum absolute atomic E-state index is 11.9. The fourth-order valence-electron chi connectivity index (χ4n) is 2.17. The lowest BCUT2D eigenvalue weighted by Gasteiger charge is -2.07. The Bertz CT molecular complexity index is 727. The Morgan fingerprint density at radius 2 is 1.60 bits per heavy atom. The van der Waals surface area contributed by atoms with E-state index in [2.05, 4.69) is 15.4 Å². The van der Waals surface area contributed by atoms with Crippen molar-refractivity contribution in [3.05, 3.63) is 65.7 Å². The van der Waals surface area contributed by atoms with Gasteiger partial charge in [-0.3, -0.25) is 9.59 Å². The first-order valence-electron chi connectivity index (χ1n) is 7.91. The van der Waals surface area contributed by atoms with E-state index in [1.54, 1.807) is 48.5 Å². The van der Waals surface area contributed by atoms with Gasteiger partial charge in [0.15, 0.2) is 0 Å². The zero-order valence-electron chi connectivity index (χ0n) is 14.0. The fourth-order valence-corrected chi connectivity index (χ4v) is 2.17. The summed E-state index contributed by atoms with van der Waals surface area (Å²) in [6, 6.07) is 15.4. The number of rotatable bonds is 7. The summed E-state index contributed by atoms with van der Waals surface area (Å²) in [7, 11) is 1.31. The van der Waals surface area contributed by atoms with E-state index in [0.29, 0.717) is 29.8 Å². The summed E-state index contributed by atoms with van der Waals surface area (Å²) in [4.78, 5) is 35.1. The van der Waals surface area contributed by atoms with E-state index in [0.717, 1.165) is 0 Å². The van der Waals surface area contributed by atoms with Crippen LogP contribution in [0.3, 0.4) is 0 Å². The Hall–Kier alpha value is -3.15. The predicted octanol–water partition coefficient (Wildman–Crippen LogP) is 2.62. The van der Waals surface area contributed by atoms with Crippen LogP contribution < -0.4 is 10.6 Å². The Balaban J connectivity index is 1.70. The molecule has 2 rings (SSSR count). The van der Waals surface area contributed by atoms with Crippen LogP contribution in [0.4, 0.5) is 5.69 Å². The molecule has 0 bridgehead atoms. The molecule has 0 saturated carbocycles. The molecule has 6 heteroatoms. The van der Waals surface area contributed by atoms with Gasteiger partial charge in [-0.2, -0.15) is 0 Å². The quantitative estimate of drug-likeness (QED) is 0.599. The van der Waals surface area contributed by atoms with Crippen LogP contribution in [0.15, 0.2) is 54.6 Å². The number of amides is 2. The predicted molar refractivity (Wildman–Crippen MR) is 94.4 cm³/mol. The molecule has 25 heavy (non-hydrogen) atoms. The highest BCUT2D eigenvalue weighted by atomic mass is 16.5. The first-order chi connectivity index (χ1) is 12.1. The van der Waals surface area contributed by atoms with Gasteiger partial charge in [0.1, 0.15) is 0 Å². The van der Waals surface area contributed by atoms with Gasteiger partial charge in [-0.1, -0.05) is 18.2 Å². The van der Waals surface area contributed by atoms with Gasteiger partial charge in [-0.15, -0.1) is 0 Å². The number of methoxy groups -OCH3 is 1. The summed E-state index contributed by atoms with van der Waals surface area (Å²) in [5, 5.41) is 5.52. The average molecular weight is 340 g/mol. The van der Waals surface area contributed by atoms with Crippen molar-refractivity contribution in [3.63, 3.8) is 0 Å². The molecule has 0 radical (unpaired) electrons. The van der Waals surface area contributed by atoms with Gasteiger partial charge in [0, 0.05) is 24.2 Å². The van der Waals surface area contributed by atoms with Crippen LogP contribution in [0.2, 0.25) is 0 Å². The minimum atomic E-state index is -0.424. The molecule has 2 aromatic carbocycles. The molecule has 130 valence electrons. The van der Waals surface area contributed by atoms with Crippen LogP contribution in [0.25, 0.3) is 0 Å². The largest absolute Gasteiger partial charge is 0.465 e. The summed E-state index contributed by atoms with van der Waals surface area (Å²) < 4.78 is 4.61. The summed E-state index contributed by atoms with van der Waals surface area (Å²) >= 11 is 0. The molecule has 2 aromatic rings. The third-order valence-electron chi connectivity index (χ3n) is 3.49.